The van der Waals surface area contributed by atoms with E-state index in [2.05, 4.69) is 17.3 Å². The molecule has 21 heavy (non-hydrogen) atoms. The monoisotopic (exact) mass is 297 g/mol. The summed E-state index contributed by atoms with van der Waals surface area (Å²) in [5.74, 6) is -0.167. The van der Waals surface area contributed by atoms with Crippen LogP contribution in [0.2, 0.25) is 0 Å². The van der Waals surface area contributed by atoms with Crippen LogP contribution in [0.15, 0.2) is 0 Å². The average Bonchev–Trinajstić information content (AvgIpc) is 2.48. The molecule has 6 nitrogen and oxygen atoms in total. The Hall–Kier alpha value is -1.14. The molecular weight excluding hydrogens is 270 g/mol. The molecule has 0 radical (unpaired) electrons. The quantitative estimate of drug-likeness (QED) is 0.738. The molecule has 120 valence electrons. The molecular formula is C15H27N3O3. The maximum atomic E-state index is 12.6. The van der Waals surface area contributed by atoms with Crippen molar-refractivity contribution in [3.63, 3.8) is 0 Å². The summed E-state index contributed by atoms with van der Waals surface area (Å²) in [6, 6.07) is 0.344. The highest BCUT2D eigenvalue weighted by Gasteiger charge is 2.35. The van der Waals surface area contributed by atoms with Crippen molar-refractivity contribution in [3.05, 3.63) is 0 Å². The van der Waals surface area contributed by atoms with Crippen LogP contribution in [0, 0.1) is 5.92 Å². The van der Waals surface area contributed by atoms with Crippen molar-refractivity contribution in [2.45, 2.75) is 38.1 Å². The maximum absolute atomic E-state index is 12.6. The number of likely N-dealkylation sites (tertiary alicyclic amines) is 2. The fourth-order valence-corrected chi connectivity index (χ4v) is 3.33. The summed E-state index contributed by atoms with van der Waals surface area (Å²) < 4.78 is 0. The number of carbonyl (C=O) groups is 2. The number of hydrogen-bond donors (Lipinski definition) is 2. The van der Waals surface area contributed by atoms with Gasteiger partial charge < -0.3 is 20.2 Å². The molecule has 0 bridgehead atoms. The smallest absolute Gasteiger partial charge is 0.226 e. The lowest BCUT2D eigenvalue weighted by molar-refractivity contribution is -0.144. The van der Waals surface area contributed by atoms with Gasteiger partial charge in [-0.15, -0.1) is 0 Å². The van der Waals surface area contributed by atoms with Crippen molar-refractivity contribution in [2.24, 2.45) is 5.92 Å². The fraction of sp³-hybridized carbons (Fsp3) is 0.867. The second-order valence-electron chi connectivity index (χ2n) is 6.18. The number of rotatable bonds is 5. The number of aliphatic hydroxyl groups is 1. The van der Waals surface area contributed by atoms with E-state index in [4.69, 9.17) is 5.11 Å². The van der Waals surface area contributed by atoms with E-state index < -0.39 is 0 Å². The molecule has 2 aliphatic heterocycles. The standard InChI is InChI=1S/C15H27N3O3/c1-17-8-4-13(5-9-17)18-7-2-3-12(15(18)21)11-14(20)16-6-10-19/h12-13,19H,2-11H2,1H3,(H,16,20). The molecule has 2 fully saturated rings. The second kappa shape index (κ2) is 7.75. The van der Waals surface area contributed by atoms with Crippen LogP contribution in [-0.4, -0.2) is 72.6 Å². The molecule has 0 aromatic heterocycles. The predicted molar refractivity (Wildman–Crippen MR) is 79.7 cm³/mol. The molecule has 2 saturated heterocycles. The predicted octanol–water partition coefficient (Wildman–Crippen LogP) is -0.182. The van der Waals surface area contributed by atoms with E-state index >= 15 is 0 Å². The maximum Gasteiger partial charge on any atom is 0.226 e. The molecule has 6 heteroatoms. The molecule has 2 amide bonds. The largest absolute Gasteiger partial charge is 0.395 e. The molecule has 1 unspecified atom stereocenters. The molecule has 2 rings (SSSR count). The zero-order valence-electron chi connectivity index (χ0n) is 12.9. The van der Waals surface area contributed by atoms with Gasteiger partial charge in [-0.3, -0.25) is 9.59 Å². The van der Waals surface area contributed by atoms with Gasteiger partial charge in [0.1, 0.15) is 0 Å². The molecule has 2 aliphatic rings. The van der Waals surface area contributed by atoms with E-state index in [1.54, 1.807) is 0 Å². The first-order valence-electron chi connectivity index (χ1n) is 7.98. The summed E-state index contributed by atoms with van der Waals surface area (Å²) in [7, 11) is 2.11. The Kier molecular flexibility index (Phi) is 5.99. The lowest BCUT2D eigenvalue weighted by Gasteiger charge is -2.41. The highest BCUT2D eigenvalue weighted by Crippen LogP contribution is 2.26. The van der Waals surface area contributed by atoms with Crippen molar-refractivity contribution < 1.29 is 14.7 Å². The van der Waals surface area contributed by atoms with E-state index in [9.17, 15) is 9.59 Å². The first-order valence-corrected chi connectivity index (χ1v) is 7.98. The molecule has 0 aliphatic carbocycles. The summed E-state index contributed by atoms with van der Waals surface area (Å²) >= 11 is 0. The van der Waals surface area contributed by atoms with E-state index in [1.807, 2.05) is 4.90 Å². The highest BCUT2D eigenvalue weighted by molar-refractivity contribution is 5.86. The normalized spacial score (nSPS) is 25.1. The molecule has 0 saturated carbocycles. The Morgan fingerprint density at radius 3 is 2.67 bits per heavy atom. The van der Waals surface area contributed by atoms with Crippen molar-refractivity contribution in [2.75, 3.05) is 39.8 Å². The molecule has 2 N–H and O–H groups in total. The molecule has 0 spiro atoms. The van der Waals surface area contributed by atoms with Crippen LogP contribution >= 0.6 is 0 Å². The van der Waals surface area contributed by atoms with Crippen LogP contribution in [0.3, 0.4) is 0 Å². The van der Waals surface area contributed by atoms with Gasteiger partial charge in [-0.05, 0) is 45.8 Å². The SMILES string of the molecule is CN1CCC(N2CCCC(CC(=O)NCCO)C2=O)CC1. The van der Waals surface area contributed by atoms with Crippen molar-refractivity contribution in [3.8, 4) is 0 Å². The number of carbonyl (C=O) groups excluding carboxylic acids is 2. The number of amides is 2. The van der Waals surface area contributed by atoms with Crippen molar-refractivity contribution in [1.29, 1.82) is 0 Å². The Labute approximate surface area is 126 Å². The summed E-state index contributed by atoms with van der Waals surface area (Å²) in [5, 5.41) is 11.3. The van der Waals surface area contributed by atoms with Crippen LogP contribution in [0.1, 0.15) is 32.1 Å². The van der Waals surface area contributed by atoms with Crippen molar-refractivity contribution >= 4 is 11.8 Å². The summed E-state index contributed by atoms with van der Waals surface area (Å²) in [4.78, 5) is 28.7. The van der Waals surface area contributed by atoms with Gasteiger partial charge in [-0.1, -0.05) is 0 Å². The third kappa shape index (κ3) is 4.41. The van der Waals surface area contributed by atoms with E-state index in [1.165, 1.54) is 0 Å². The third-order valence-electron chi connectivity index (χ3n) is 4.58. The molecule has 2 heterocycles. The van der Waals surface area contributed by atoms with Gasteiger partial charge in [0.05, 0.1) is 6.61 Å². The zero-order chi connectivity index (χ0) is 15.2. The van der Waals surface area contributed by atoms with Crippen molar-refractivity contribution in [1.82, 2.24) is 15.1 Å². The Bertz CT molecular complexity index is 367. The highest BCUT2D eigenvalue weighted by atomic mass is 16.3. The number of nitrogens with zero attached hydrogens (tertiary/aromatic N) is 2. The molecule has 0 aromatic carbocycles. The topological polar surface area (TPSA) is 72.9 Å². The summed E-state index contributed by atoms with van der Waals surface area (Å²) in [6.45, 7) is 3.11. The minimum absolute atomic E-state index is 0.0634. The Balaban J connectivity index is 1.87. The third-order valence-corrected chi connectivity index (χ3v) is 4.58. The van der Waals surface area contributed by atoms with E-state index in [0.717, 1.165) is 45.3 Å². The van der Waals surface area contributed by atoms with Gasteiger partial charge in [0.15, 0.2) is 0 Å². The van der Waals surface area contributed by atoms with Crippen LogP contribution in [0.25, 0.3) is 0 Å². The first-order chi connectivity index (χ1) is 10.1. The van der Waals surface area contributed by atoms with E-state index in [0.29, 0.717) is 6.04 Å². The van der Waals surface area contributed by atoms with Gasteiger partial charge in [-0.25, -0.2) is 0 Å². The minimum atomic E-state index is -0.183. The van der Waals surface area contributed by atoms with Gasteiger partial charge in [0, 0.05) is 31.5 Å². The van der Waals surface area contributed by atoms with Crippen LogP contribution < -0.4 is 5.32 Å². The second-order valence-corrected chi connectivity index (χ2v) is 6.18. The lowest BCUT2D eigenvalue weighted by Crippen LogP contribution is -2.51. The summed E-state index contributed by atoms with van der Waals surface area (Å²) in [5.41, 5.74) is 0. The molecule has 0 aromatic rings. The number of hydrogen-bond acceptors (Lipinski definition) is 4. The fourth-order valence-electron chi connectivity index (χ4n) is 3.33. The zero-order valence-corrected chi connectivity index (χ0v) is 12.9. The Morgan fingerprint density at radius 1 is 1.29 bits per heavy atom. The average molecular weight is 297 g/mol. The number of nitrogens with one attached hydrogen (secondary N) is 1. The van der Waals surface area contributed by atoms with Crippen LogP contribution in [-0.2, 0) is 9.59 Å². The van der Waals surface area contributed by atoms with Gasteiger partial charge in [0.25, 0.3) is 0 Å². The van der Waals surface area contributed by atoms with Gasteiger partial charge in [-0.2, -0.15) is 0 Å². The summed E-state index contributed by atoms with van der Waals surface area (Å²) in [6.07, 6.45) is 4.10. The molecule has 1 atom stereocenters. The van der Waals surface area contributed by atoms with Gasteiger partial charge >= 0.3 is 0 Å². The number of aliphatic hydroxyl groups excluding tert-OH is 1. The Morgan fingerprint density at radius 2 is 2.00 bits per heavy atom. The van der Waals surface area contributed by atoms with Crippen LogP contribution in [0.5, 0.6) is 0 Å². The first kappa shape index (κ1) is 16.2. The lowest BCUT2D eigenvalue weighted by atomic mass is 9.90. The van der Waals surface area contributed by atoms with Gasteiger partial charge in [0.2, 0.25) is 11.8 Å². The van der Waals surface area contributed by atoms with E-state index in [-0.39, 0.29) is 37.3 Å². The minimum Gasteiger partial charge on any atom is -0.395 e. The van der Waals surface area contributed by atoms with Crippen LogP contribution in [0.4, 0.5) is 0 Å². The number of piperidine rings is 2.